The molecule has 3 aromatic rings. The topological polar surface area (TPSA) is 60.2 Å². The molecule has 0 aliphatic heterocycles. The van der Waals surface area contributed by atoms with Crippen LogP contribution < -0.4 is 10.1 Å². The van der Waals surface area contributed by atoms with E-state index < -0.39 is 0 Å². The molecule has 1 N–H and O–H groups in total. The van der Waals surface area contributed by atoms with Gasteiger partial charge in [-0.25, -0.2) is 0 Å². The van der Waals surface area contributed by atoms with Gasteiger partial charge in [-0.1, -0.05) is 42.5 Å². The van der Waals surface area contributed by atoms with E-state index in [1.165, 1.54) is 11.1 Å². The van der Waals surface area contributed by atoms with Crippen LogP contribution in [0.3, 0.4) is 0 Å². The quantitative estimate of drug-likeness (QED) is 0.715. The normalized spacial score (nSPS) is 18.9. The van der Waals surface area contributed by atoms with E-state index in [1.54, 1.807) is 6.92 Å². The maximum absolute atomic E-state index is 5.84. The van der Waals surface area contributed by atoms with E-state index in [-0.39, 0.29) is 0 Å². The number of nitrogens with zero attached hydrogens (tertiary/aromatic N) is 2. The Labute approximate surface area is 147 Å². The summed E-state index contributed by atoms with van der Waals surface area (Å²) >= 11 is 0. The van der Waals surface area contributed by atoms with Gasteiger partial charge in [0.15, 0.2) is 0 Å². The van der Waals surface area contributed by atoms with Crippen molar-refractivity contribution in [1.29, 1.82) is 0 Å². The third kappa shape index (κ3) is 4.06. The molecule has 0 amide bonds. The number of hydrogen-bond donors (Lipinski definition) is 1. The lowest BCUT2D eigenvalue weighted by Gasteiger charge is -2.07. The highest BCUT2D eigenvalue weighted by Crippen LogP contribution is 2.41. The zero-order chi connectivity index (χ0) is 17.1. The van der Waals surface area contributed by atoms with Crippen molar-refractivity contribution in [3.63, 3.8) is 0 Å². The maximum Gasteiger partial charge on any atom is 0.230 e. The van der Waals surface area contributed by atoms with Gasteiger partial charge in [0.25, 0.3) is 0 Å². The Kier molecular flexibility index (Phi) is 4.48. The number of aromatic nitrogens is 2. The highest BCUT2D eigenvalue weighted by atomic mass is 16.5. The van der Waals surface area contributed by atoms with E-state index >= 15 is 0 Å². The Morgan fingerprint density at radius 3 is 2.60 bits per heavy atom. The third-order valence-corrected chi connectivity index (χ3v) is 4.43. The van der Waals surface area contributed by atoms with E-state index in [2.05, 4.69) is 51.9 Å². The summed E-state index contributed by atoms with van der Waals surface area (Å²) in [5, 5.41) is 11.3. The number of benzene rings is 2. The zero-order valence-electron chi connectivity index (χ0n) is 14.2. The van der Waals surface area contributed by atoms with Gasteiger partial charge in [-0.2, -0.15) is 0 Å². The lowest BCUT2D eigenvalue weighted by molar-refractivity contribution is 0.306. The molecule has 5 heteroatoms. The first kappa shape index (κ1) is 15.8. The highest BCUT2D eigenvalue weighted by molar-refractivity contribution is 5.34. The molecule has 0 unspecified atom stereocenters. The Balaban J connectivity index is 1.26. The second-order valence-corrected chi connectivity index (χ2v) is 6.39. The van der Waals surface area contributed by atoms with E-state index in [1.807, 2.05) is 18.2 Å². The summed E-state index contributed by atoms with van der Waals surface area (Å²) in [5.41, 5.74) is 2.51. The van der Waals surface area contributed by atoms with Crippen LogP contribution in [0.25, 0.3) is 0 Å². The molecule has 1 fully saturated rings. The van der Waals surface area contributed by atoms with Crippen molar-refractivity contribution >= 4 is 0 Å². The van der Waals surface area contributed by atoms with Gasteiger partial charge in [-0.05, 0) is 29.7 Å². The number of hydrogen-bond acceptors (Lipinski definition) is 5. The predicted octanol–water partition coefficient (Wildman–Crippen LogP) is 3.60. The van der Waals surface area contributed by atoms with Crippen LogP contribution in [0, 0.1) is 6.92 Å². The monoisotopic (exact) mass is 335 g/mol. The molecule has 128 valence electrons. The highest BCUT2D eigenvalue weighted by Gasteiger charge is 2.38. The summed E-state index contributed by atoms with van der Waals surface area (Å²) in [4.78, 5) is 0. The summed E-state index contributed by atoms with van der Waals surface area (Å²) in [7, 11) is 0. The molecule has 2 atom stereocenters. The molecule has 0 spiro atoms. The first-order valence-corrected chi connectivity index (χ1v) is 8.57. The van der Waals surface area contributed by atoms with Crippen LogP contribution in [0.5, 0.6) is 5.75 Å². The number of ether oxygens (including phenoxy) is 1. The average molecular weight is 335 g/mol. The Morgan fingerprint density at radius 2 is 1.88 bits per heavy atom. The van der Waals surface area contributed by atoms with Crippen molar-refractivity contribution in [3.05, 3.63) is 77.5 Å². The fourth-order valence-electron chi connectivity index (χ4n) is 2.97. The van der Waals surface area contributed by atoms with E-state index in [0.717, 1.165) is 12.2 Å². The predicted molar refractivity (Wildman–Crippen MR) is 94.2 cm³/mol. The summed E-state index contributed by atoms with van der Waals surface area (Å²) in [6.07, 6.45) is 1.14. The molecule has 1 heterocycles. The largest absolute Gasteiger partial charge is 0.489 e. The summed E-state index contributed by atoms with van der Waals surface area (Å²) < 4.78 is 11.2. The lowest BCUT2D eigenvalue weighted by atomic mass is 10.1. The van der Waals surface area contributed by atoms with E-state index in [9.17, 15) is 0 Å². The van der Waals surface area contributed by atoms with Gasteiger partial charge in [0, 0.05) is 18.9 Å². The summed E-state index contributed by atoms with van der Waals surface area (Å²) in [6.45, 7) is 3.02. The second-order valence-electron chi connectivity index (χ2n) is 6.39. The SMILES string of the molecule is Cc1nnc(CN[C@@H]2C[C@H]2c2ccc(OCc3ccccc3)cc2)o1. The minimum atomic E-state index is 0.475. The van der Waals surface area contributed by atoms with Crippen molar-refractivity contribution in [1.82, 2.24) is 15.5 Å². The van der Waals surface area contributed by atoms with Crippen LogP contribution in [0.4, 0.5) is 0 Å². The standard InChI is InChI=1S/C20H21N3O2/c1-14-22-23-20(25-14)12-21-19-11-18(19)16-7-9-17(10-8-16)24-13-15-5-3-2-4-6-15/h2-10,18-19,21H,11-13H2,1H3/t18-,19+/m0/s1. The summed E-state index contributed by atoms with van der Waals surface area (Å²) in [5.74, 6) is 2.70. The molecule has 1 aromatic heterocycles. The van der Waals surface area contributed by atoms with Crippen molar-refractivity contribution in [2.24, 2.45) is 0 Å². The van der Waals surface area contributed by atoms with Gasteiger partial charge < -0.3 is 14.5 Å². The molecule has 2 aromatic carbocycles. The number of aryl methyl sites for hydroxylation is 1. The molecular formula is C20H21N3O2. The smallest absolute Gasteiger partial charge is 0.230 e. The molecule has 5 nitrogen and oxygen atoms in total. The van der Waals surface area contributed by atoms with E-state index in [0.29, 0.717) is 36.9 Å². The molecule has 0 bridgehead atoms. The van der Waals surface area contributed by atoms with Gasteiger partial charge >= 0.3 is 0 Å². The first-order chi connectivity index (χ1) is 12.3. The molecule has 4 rings (SSSR count). The minimum Gasteiger partial charge on any atom is -0.489 e. The van der Waals surface area contributed by atoms with Gasteiger partial charge in [0.2, 0.25) is 11.8 Å². The third-order valence-electron chi connectivity index (χ3n) is 4.43. The van der Waals surface area contributed by atoms with Crippen LogP contribution in [-0.4, -0.2) is 16.2 Å². The van der Waals surface area contributed by atoms with Crippen molar-refractivity contribution in [2.45, 2.75) is 38.5 Å². The van der Waals surface area contributed by atoms with Crippen LogP contribution in [0.15, 0.2) is 59.0 Å². The maximum atomic E-state index is 5.84. The first-order valence-electron chi connectivity index (χ1n) is 8.57. The molecule has 1 saturated carbocycles. The van der Waals surface area contributed by atoms with Gasteiger partial charge in [-0.15, -0.1) is 10.2 Å². The van der Waals surface area contributed by atoms with Crippen LogP contribution in [0.1, 0.15) is 35.2 Å². The average Bonchev–Trinajstić information content (AvgIpc) is 3.32. The van der Waals surface area contributed by atoms with Crippen LogP contribution >= 0.6 is 0 Å². The fourth-order valence-corrected chi connectivity index (χ4v) is 2.97. The molecule has 0 radical (unpaired) electrons. The van der Waals surface area contributed by atoms with Crippen LogP contribution in [-0.2, 0) is 13.2 Å². The van der Waals surface area contributed by atoms with Crippen molar-refractivity contribution in [2.75, 3.05) is 0 Å². The number of nitrogens with one attached hydrogen (secondary N) is 1. The van der Waals surface area contributed by atoms with Crippen molar-refractivity contribution in [3.8, 4) is 5.75 Å². The fraction of sp³-hybridized carbons (Fsp3) is 0.300. The lowest BCUT2D eigenvalue weighted by Crippen LogP contribution is -2.17. The minimum absolute atomic E-state index is 0.475. The zero-order valence-corrected chi connectivity index (χ0v) is 14.2. The number of rotatable bonds is 7. The Bertz CT molecular complexity index is 814. The van der Waals surface area contributed by atoms with E-state index in [4.69, 9.17) is 9.15 Å². The van der Waals surface area contributed by atoms with Gasteiger partial charge in [0.05, 0.1) is 6.54 Å². The van der Waals surface area contributed by atoms with Crippen molar-refractivity contribution < 1.29 is 9.15 Å². The summed E-state index contributed by atoms with van der Waals surface area (Å²) in [6, 6.07) is 19.1. The Morgan fingerprint density at radius 1 is 1.08 bits per heavy atom. The van der Waals surface area contributed by atoms with Crippen LogP contribution in [0.2, 0.25) is 0 Å². The Hall–Kier alpha value is -2.66. The molecular weight excluding hydrogens is 314 g/mol. The molecule has 0 saturated heterocycles. The molecule has 25 heavy (non-hydrogen) atoms. The van der Waals surface area contributed by atoms with Gasteiger partial charge in [0.1, 0.15) is 12.4 Å². The molecule has 1 aliphatic carbocycles. The van der Waals surface area contributed by atoms with Gasteiger partial charge in [-0.3, -0.25) is 0 Å². The second kappa shape index (κ2) is 7.07. The molecule has 1 aliphatic rings.